The van der Waals surface area contributed by atoms with Crippen LogP contribution in [0.25, 0.3) is 11.1 Å². The molecular weight excluding hydrogens is 312 g/mol. The summed E-state index contributed by atoms with van der Waals surface area (Å²) in [5, 5.41) is 3.59. The molecule has 5 heteroatoms. The van der Waals surface area contributed by atoms with Gasteiger partial charge in [0, 0.05) is 57.1 Å². The van der Waals surface area contributed by atoms with E-state index in [4.69, 9.17) is 0 Å². The molecule has 4 rings (SSSR count). The zero-order valence-electron chi connectivity index (χ0n) is 14.8. The Kier molecular flexibility index (Phi) is 4.17. The second-order valence-electron chi connectivity index (χ2n) is 7.32. The minimum atomic E-state index is 0.0182. The number of carbonyl (C=O) groups excluding carboxylic acids is 1. The van der Waals surface area contributed by atoms with Gasteiger partial charge in [0.15, 0.2) is 0 Å². The summed E-state index contributed by atoms with van der Waals surface area (Å²) in [6.07, 6.45) is 5.11. The van der Waals surface area contributed by atoms with Crippen LogP contribution in [0, 0.1) is 5.92 Å². The topological polar surface area (TPSA) is 48.5 Å². The van der Waals surface area contributed by atoms with Crippen LogP contribution in [0.1, 0.15) is 16.8 Å². The highest BCUT2D eigenvalue weighted by molar-refractivity contribution is 5.95. The monoisotopic (exact) mass is 336 g/mol. The van der Waals surface area contributed by atoms with Gasteiger partial charge in [-0.05, 0) is 36.1 Å². The average Bonchev–Trinajstić information content (AvgIpc) is 2.99. The van der Waals surface area contributed by atoms with E-state index >= 15 is 0 Å². The van der Waals surface area contributed by atoms with Gasteiger partial charge in [-0.2, -0.15) is 0 Å². The maximum absolute atomic E-state index is 12.2. The lowest BCUT2D eigenvalue weighted by Gasteiger charge is -2.32. The predicted molar refractivity (Wildman–Crippen MR) is 99.8 cm³/mol. The summed E-state index contributed by atoms with van der Waals surface area (Å²) in [4.78, 5) is 20.7. The van der Waals surface area contributed by atoms with Gasteiger partial charge in [0.1, 0.15) is 0 Å². The van der Waals surface area contributed by atoms with Gasteiger partial charge in [0.25, 0.3) is 5.91 Å². The number of fused-ring (bicyclic) bond motifs is 2. The highest BCUT2D eigenvalue weighted by atomic mass is 16.2. The molecule has 25 heavy (non-hydrogen) atoms. The van der Waals surface area contributed by atoms with Crippen molar-refractivity contribution < 1.29 is 4.79 Å². The first-order valence-corrected chi connectivity index (χ1v) is 8.85. The summed E-state index contributed by atoms with van der Waals surface area (Å²) in [7, 11) is 3.55. The molecule has 0 saturated carbocycles. The molecule has 2 unspecified atom stereocenters. The van der Waals surface area contributed by atoms with Crippen molar-refractivity contribution >= 4 is 11.6 Å². The van der Waals surface area contributed by atoms with Crippen molar-refractivity contribution in [2.45, 2.75) is 12.5 Å². The maximum Gasteiger partial charge on any atom is 0.253 e. The first-order valence-electron chi connectivity index (χ1n) is 8.85. The predicted octanol–water partition coefficient (Wildman–Crippen LogP) is 2.25. The number of hydrogen-bond acceptors (Lipinski definition) is 4. The molecule has 1 N–H and O–H groups in total. The Balaban J connectivity index is 1.61. The minimum Gasteiger partial charge on any atom is -0.368 e. The van der Waals surface area contributed by atoms with E-state index in [9.17, 15) is 4.79 Å². The Morgan fingerprint density at radius 2 is 2.08 bits per heavy atom. The fourth-order valence-electron chi connectivity index (χ4n) is 3.89. The Morgan fingerprint density at radius 1 is 1.20 bits per heavy atom. The molecule has 2 aliphatic rings. The molecule has 1 aromatic carbocycles. The fourth-order valence-corrected chi connectivity index (χ4v) is 3.89. The zero-order chi connectivity index (χ0) is 17.4. The van der Waals surface area contributed by atoms with Crippen molar-refractivity contribution in [3.63, 3.8) is 0 Å². The lowest BCUT2D eigenvalue weighted by atomic mass is 9.99. The Bertz CT molecular complexity index is 777. The molecule has 130 valence electrons. The molecule has 2 saturated heterocycles. The van der Waals surface area contributed by atoms with Crippen LogP contribution >= 0.6 is 0 Å². The quantitative estimate of drug-likeness (QED) is 0.934. The molecule has 2 aliphatic heterocycles. The van der Waals surface area contributed by atoms with Gasteiger partial charge in [-0.3, -0.25) is 9.78 Å². The zero-order valence-corrected chi connectivity index (χ0v) is 14.8. The van der Waals surface area contributed by atoms with Crippen molar-refractivity contribution in [1.29, 1.82) is 0 Å². The van der Waals surface area contributed by atoms with E-state index in [2.05, 4.69) is 21.3 Å². The standard InChI is InChI=1S/C20H24N4O/c1-23(2)20(25)16-5-3-4-15(7-16)17-8-19(11-21-10-17)24-12-14-6-18(13-24)22-9-14/h3-5,7-8,10-11,14,18,22H,6,9,12-13H2,1-2H3. The van der Waals surface area contributed by atoms with E-state index in [1.165, 1.54) is 12.1 Å². The number of anilines is 1. The third-order valence-electron chi connectivity index (χ3n) is 5.17. The van der Waals surface area contributed by atoms with Crippen LogP contribution < -0.4 is 10.2 Å². The Hall–Kier alpha value is -2.40. The molecule has 2 atom stereocenters. The third-order valence-corrected chi connectivity index (χ3v) is 5.17. The summed E-state index contributed by atoms with van der Waals surface area (Å²) < 4.78 is 0. The molecule has 2 bridgehead atoms. The number of nitrogens with zero attached hydrogens (tertiary/aromatic N) is 3. The summed E-state index contributed by atoms with van der Waals surface area (Å²) in [5.74, 6) is 0.757. The number of amides is 1. The summed E-state index contributed by atoms with van der Waals surface area (Å²) in [5.41, 5.74) is 3.95. The highest BCUT2D eigenvalue weighted by Crippen LogP contribution is 2.29. The number of hydrogen-bond donors (Lipinski definition) is 1. The van der Waals surface area contributed by atoms with Crippen LogP contribution in [0.5, 0.6) is 0 Å². The number of benzene rings is 1. The summed E-state index contributed by atoms with van der Waals surface area (Å²) in [6, 6.07) is 10.6. The van der Waals surface area contributed by atoms with E-state index in [0.29, 0.717) is 11.6 Å². The molecule has 2 fully saturated rings. The number of nitrogens with one attached hydrogen (secondary N) is 1. The van der Waals surface area contributed by atoms with Crippen LogP contribution in [0.15, 0.2) is 42.7 Å². The average molecular weight is 336 g/mol. The van der Waals surface area contributed by atoms with Gasteiger partial charge >= 0.3 is 0 Å². The fraction of sp³-hybridized carbons (Fsp3) is 0.400. The summed E-state index contributed by atoms with van der Waals surface area (Å²) in [6.45, 7) is 3.26. The number of pyridine rings is 1. The second-order valence-corrected chi connectivity index (χ2v) is 7.32. The highest BCUT2D eigenvalue weighted by Gasteiger charge is 2.32. The molecule has 3 heterocycles. The van der Waals surface area contributed by atoms with Gasteiger partial charge in [-0.1, -0.05) is 12.1 Å². The van der Waals surface area contributed by atoms with Gasteiger partial charge in [0.05, 0.1) is 11.9 Å². The number of rotatable bonds is 3. The maximum atomic E-state index is 12.2. The van der Waals surface area contributed by atoms with Crippen molar-refractivity contribution in [1.82, 2.24) is 15.2 Å². The second kappa shape index (κ2) is 6.48. The van der Waals surface area contributed by atoms with Crippen LogP contribution in [0.3, 0.4) is 0 Å². The molecule has 1 amide bonds. The van der Waals surface area contributed by atoms with Crippen molar-refractivity contribution in [3.8, 4) is 11.1 Å². The smallest absolute Gasteiger partial charge is 0.253 e. The van der Waals surface area contributed by atoms with Crippen molar-refractivity contribution in [2.75, 3.05) is 38.6 Å². The lowest BCUT2D eigenvalue weighted by Crippen LogP contribution is -2.41. The normalized spacial score (nSPS) is 22.1. The number of carbonyl (C=O) groups is 1. The molecule has 5 nitrogen and oxygen atoms in total. The molecule has 0 radical (unpaired) electrons. The Morgan fingerprint density at radius 3 is 2.88 bits per heavy atom. The van der Waals surface area contributed by atoms with E-state index < -0.39 is 0 Å². The van der Waals surface area contributed by atoms with E-state index in [1.807, 2.05) is 36.7 Å². The SMILES string of the molecule is CN(C)C(=O)c1cccc(-c2cncc(N3CC4CNC(C4)C3)c2)c1. The molecule has 2 aromatic rings. The largest absolute Gasteiger partial charge is 0.368 e. The molecule has 0 aliphatic carbocycles. The molecule has 0 spiro atoms. The van der Waals surface area contributed by atoms with E-state index in [1.54, 1.807) is 19.0 Å². The van der Waals surface area contributed by atoms with Gasteiger partial charge < -0.3 is 15.1 Å². The first kappa shape index (κ1) is 16.1. The Labute approximate surface area is 148 Å². The van der Waals surface area contributed by atoms with Crippen molar-refractivity contribution in [3.05, 3.63) is 48.3 Å². The van der Waals surface area contributed by atoms with Crippen LogP contribution in [-0.4, -0.2) is 55.6 Å². The van der Waals surface area contributed by atoms with Gasteiger partial charge in [-0.25, -0.2) is 0 Å². The van der Waals surface area contributed by atoms with Gasteiger partial charge in [-0.15, -0.1) is 0 Å². The van der Waals surface area contributed by atoms with Crippen LogP contribution in [0.4, 0.5) is 5.69 Å². The molecule has 1 aromatic heterocycles. The third kappa shape index (κ3) is 3.24. The van der Waals surface area contributed by atoms with Crippen LogP contribution in [0.2, 0.25) is 0 Å². The van der Waals surface area contributed by atoms with Gasteiger partial charge in [0.2, 0.25) is 0 Å². The number of piperidine rings is 1. The summed E-state index contributed by atoms with van der Waals surface area (Å²) >= 11 is 0. The first-order chi connectivity index (χ1) is 12.1. The van der Waals surface area contributed by atoms with Crippen molar-refractivity contribution in [2.24, 2.45) is 5.92 Å². The van der Waals surface area contributed by atoms with E-state index in [-0.39, 0.29) is 5.91 Å². The van der Waals surface area contributed by atoms with Crippen LogP contribution in [-0.2, 0) is 0 Å². The molecular formula is C20H24N4O. The number of aromatic nitrogens is 1. The van der Waals surface area contributed by atoms with E-state index in [0.717, 1.165) is 36.7 Å². The minimum absolute atomic E-state index is 0.0182. The lowest BCUT2D eigenvalue weighted by molar-refractivity contribution is 0.0827.